The Balaban J connectivity index is 1.70. The lowest BCUT2D eigenvalue weighted by atomic mass is 9.95. The summed E-state index contributed by atoms with van der Waals surface area (Å²) in [5.41, 5.74) is 1.58. The molecule has 172 valence electrons. The summed E-state index contributed by atoms with van der Waals surface area (Å²) in [6.45, 7) is 3.53. The first kappa shape index (κ1) is 24.1. The summed E-state index contributed by atoms with van der Waals surface area (Å²) < 4.78 is 19.0. The summed E-state index contributed by atoms with van der Waals surface area (Å²) in [4.78, 5) is 27.5. The third-order valence-electron chi connectivity index (χ3n) is 5.88. The fourth-order valence-corrected chi connectivity index (χ4v) is 3.99. The largest absolute Gasteiger partial charge is 0.484 e. The van der Waals surface area contributed by atoms with Crippen LogP contribution in [0.25, 0.3) is 0 Å². The monoisotopic (exact) mass is 460 g/mol. The summed E-state index contributed by atoms with van der Waals surface area (Å²) in [5.74, 6) is -0.333. The molecule has 1 aliphatic rings. The number of rotatable bonds is 8. The first-order valence-corrected chi connectivity index (χ1v) is 11.4. The van der Waals surface area contributed by atoms with Crippen molar-refractivity contribution in [1.82, 2.24) is 10.2 Å². The van der Waals surface area contributed by atoms with Gasteiger partial charge in [-0.2, -0.15) is 0 Å². The Labute approximate surface area is 193 Å². The van der Waals surface area contributed by atoms with Gasteiger partial charge in [0, 0.05) is 17.6 Å². The van der Waals surface area contributed by atoms with E-state index in [4.69, 9.17) is 16.3 Å². The number of nitrogens with one attached hydrogen (secondary N) is 1. The zero-order chi connectivity index (χ0) is 23.1. The zero-order valence-corrected chi connectivity index (χ0v) is 19.3. The predicted molar refractivity (Wildman–Crippen MR) is 123 cm³/mol. The smallest absolute Gasteiger partial charge is 0.261 e. The quantitative estimate of drug-likeness (QED) is 0.600. The Morgan fingerprint density at radius 1 is 1.16 bits per heavy atom. The maximum atomic E-state index is 13.3. The molecule has 0 unspecified atom stereocenters. The molecule has 0 spiro atoms. The SMILES string of the molecule is Cc1cc(OCC(=O)N(Cc2ccc(F)cc2)[C@H](C)C(=O)NC2CCCCC2)ccc1Cl. The van der Waals surface area contributed by atoms with Gasteiger partial charge in [0.25, 0.3) is 5.91 Å². The van der Waals surface area contributed by atoms with Crippen LogP contribution >= 0.6 is 11.6 Å². The van der Waals surface area contributed by atoms with E-state index in [2.05, 4.69) is 5.32 Å². The molecule has 1 fully saturated rings. The van der Waals surface area contributed by atoms with E-state index in [1.54, 1.807) is 37.3 Å². The van der Waals surface area contributed by atoms with Crippen molar-refractivity contribution in [2.45, 2.75) is 64.6 Å². The standard InChI is InChI=1S/C25H30ClFN2O3/c1-17-14-22(12-13-23(17)26)32-16-24(30)29(15-19-8-10-20(27)11-9-19)18(2)25(31)28-21-6-4-3-5-7-21/h8-14,18,21H,3-7,15-16H2,1-2H3,(H,28,31)/t18-/m1/s1. The molecule has 2 aromatic carbocycles. The molecule has 7 heteroatoms. The topological polar surface area (TPSA) is 58.6 Å². The number of carbonyl (C=O) groups excluding carboxylic acids is 2. The van der Waals surface area contributed by atoms with Crippen LogP contribution in [-0.2, 0) is 16.1 Å². The fraction of sp³-hybridized carbons (Fsp3) is 0.440. The molecule has 0 bridgehead atoms. The summed E-state index contributed by atoms with van der Waals surface area (Å²) in [5, 5.41) is 3.71. The van der Waals surface area contributed by atoms with Crippen molar-refractivity contribution in [3.05, 3.63) is 64.4 Å². The molecule has 0 aromatic heterocycles. The fourth-order valence-electron chi connectivity index (χ4n) is 3.87. The molecule has 32 heavy (non-hydrogen) atoms. The number of amides is 2. The van der Waals surface area contributed by atoms with E-state index < -0.39 is 6.04 Å². The highest BCUT2D eigenvalue weighted by Gasteiger charge is 2.28. The van der Waals surface area contributed by atoms with Gasteiger partial charge in [0.1, 0.15) is 17.6 Å². The minimum absolute atomic E-state index is 0.148. The number of carbonyl (C=O) groups is 2. The Hall–Kier alpha value is -2.60. The van der Waals surface area contributed by atoms with Gasteiger partial charge >= 0.3 is 0 Å². The maximum absolute atomic E-state index is 13.3. The van der Waals surface area contributed by atoms with Gasteiger partial charge < -0.3 is 15.0 Å². The molecule has 0 heterocycles. The molecule has 1 saturated carbocycles. The van der Waals surface area contributed by atoms with E-state index >= 15 is 0 Å². The molecule has 1 aliphatic carbocycles. The number of benzene rings is 2. The second-order valence-corrected chi connectivity index (χ2v) is 8.77. The minimum atomic E-state index is -0.690. The second-order valence-electron chi connectivity index (χ2n) is 8.37. The summed E-state index contributed by atoms with van der Waals surface area (Å²) in [6, 6.07) is 10.6. The van der Waals surface area contributed by atoms with Gasteiger partial charge in [-0.3, -0.25) is 9.59 Å². The Kier molecular flexibility index (Phi) is 8.51. The Bertz CT molecular complexity index is 929. The van der Waals surface area contributed by atoms with Gasteiger partial charge in [0.05, 0.1) is 0 Å². The van der Waals surface area contributed by atoms with E-state index in [0.29, 0.717) is 10.8 Å². The van der Waals surface area contributed by atoms with Crippen LogP contribution in [0.15, 0.2) is 42.5 Å². The second kappa shape index (κ2) is 11.3. The van der Waals surface area contributed by atoms with Crippen LogP contribution in [0.3, 0.4) is 0 Å². The van der Waals surface area contributed by atoms with E-state index in [1.807, 2.05) is 6.92 Å². The van der Waals surface area contributed by atoms with Crippen LogP contribution in [0.2, 0.25) is 5.02 Å². The van der Waals surface area contributed by atoms with Gasteiger partial charge in [-0.15, -0.1) is 0 Å². The summed E-state index contributed by atoms with van der Waals surface area (Å²) >= 11 is 6.05. The molecule has 0 radical (unpaired) electrons. The third kappa shape index (κ3) is 6.70. The van der Waals surface area contributed by atoms with E-state index in [-0.39, 0.29) is 36.8 Å². The average molecular weight is 461 g/mol. The molecule has 0 aliphatic heterocycles. The molecule has 3 rings (SSSR count). The zero-order valence-electron chi connectivity index (χ0n) is 18.6. The van der Waals surface area contributed by atoms with Crippen molar-refractivity contribution >= 4 is 23.4 Å². The molecular weight excluding hydrogens is 431 g/mol. The van der Waals surface area contributed by atoms with Crippen LogP contribution < -0.4 is 10.1 Å². The number of halogens is 2. The molecule has 2 aromatic rings. The minimum Gasteiger partial charge on any atom is -0.484 e. The van der Waals surface area contributed by atoms with Crippen LogP contribution in [0.1, 0.15) is 50.2 Å². The highest BCUT2D eigenvalue weighted by molar-refractivity contribution is 6.31. The first-order valence-electron chi connectivity index (χ1n) is 11.1. The molecule has 2 amide bonds. The van der Waals surface area contributed by atoms with Gasteiger partial charge in [-0.05, 0) is 68.1 Å². The van der Waals surface area contributed by atoms with Crippen LogP contribution in [0.4, 0.5) is 4.39 Å². The Morgan fingerprint density at radius 2 is 1.84 bits per heavy atom. The lowest BCUT2D eigenvalue weighted by Gasteiger charge is -2.31. The van der Waals surface area contributed by atoms with E-state index in [9.17, 15) is 14.0 Å². The highest BCUT2D eigenvalue weighted by Crippen LogP contribution is 2.22. The number of aryl methyl sites for hydroxylation is 1. The number of hydrogen-bond donors (Lipinski definition) is 1. The molecule has 5 nitrogen and oxygen atoms in total. The normalized spacial score (nSPS) is 15.1. The first-order chi connectivity index (χ1) is 15.3. The Morgan fingerprint density at radius 3 is 2.50 bits per heavy atom. The number of hydrogen-bond acceptors (Lipinski definition) is 3. The van der Waals surface area contributed by atoms with E-state index in [1.165, 1.54) is 23.5 Å². The van der Waals surface area contributed by atoms with Crippen molar-refractivity contribution in [3.63, 3.8) is 0 Å². The lowest BCUT2D eigenvalue weighted by molar-refractivity contribution is -0.142. The van der Waals surface area contributed by atoms with Gasteiger partial charge in [0.15, 0.2) is 6.61 Å². The third-order valence-corrected chi connectivity index (χ3v) is 6.30. The van der Waals surface area contributed by atoms with Crippen molar-refractivity contribution in [2.75, 3.05) is 6.61 Å². The van der Waals surface area contributed by atoms with Crippen molar-refractivity contribution in [3.8, 4) is 5.75 Å². The number of nitrogens with zero attached hydrogens (tertiary/aromatic N) is 1. The van der Waals surface area contributed by atoms with Crippen molar-refractivity contribution in [1.29, 1.82) is 0 Å². The predicted octanol–water partition coefficient (Wildman–Crippen LogP) is 5.03. The molecular formula is C25H30ClFN2O3. The molecule has 1 N–H and O–H groups in total. The molecule has 1 atom stereocenters. The van der Waals surface area contributed by atoms with Gasteiger partial charge in [-0.1, -0.05) is 43.0 Å². The van der Waals surface area contributed by atoms with Crippen molar-refractivity contribution in [2.24, 2.45) is 0 Å². The van der Waals surface area contributed by atoms with Crippen LogP contribution in [0, 0.1) is 12.7 Å². The van der Waals surface area contributed by atoms with Crippen LogP contribution in [0.5, 0.6) is 5.75 Å². The maximum Gasteiger partial charge on any atom is 0.261 e. The van der Waals surface area contributed by atoms with Crippen molar-refractivity contribution < 1.29 is 18.7 Å². The average Bonchev–Trinajstić information content (AvgIpc) is 2.79. The summed E-state index contributed by atoms with van der Waals surface area (Å²) in [6.07, 6.45) is 5.32. The number of ether oxygens (including phenoxy) is 1. The van der Waals surface area contributed by atoms with E-state index in [0.717, 1.165) is 36.8 Å². The summed E-state index contributed by atoms with van der Waals surface area (Å²) in [7, 11) is 0. The molecule has 0 saturated heterocycles. The lowest BCUT2D eigenvalue weighted by Crippen LogP contribution is -2.51. The van der Waals surface area contributed by atoms with Crippen LogP contribution in [-0.4, -0.2) is 35.4 Å². The van der Waals surface area contributed by atoms with Gasteiger partial charge in [0.2, 0.25) is 5.91 Å². The highest BCUT2D eigenvalue weighted by atomic mass is 35.5. The van der Waals surface area contributed by atoms with Gasteiger partial charge in [-0.25, -0.2) is 4.39 Å².